The summed E-state index contributed by atoms with van der Waals surface area (Å²) in [4.78, 5) is 0.367. The van der Waals surface area contributed by atoms with Crippen LogP contribution in [0.2, 0.25) is 0 Å². The highest BCUT2D eigenvalue weighted by Crippen LogP contribution is 2.30. The van der Waals surface area contributed by atoms with Crippen molar-refractivity contribution in [1.29, 1.82) is 0 Å². The molecule has 0 aliphatic heterocycles. The van der Waals surface area contributed by atoms with E-state index in [2.05, 4.69) is 15.9 Å². The van der Waals surface area contributed by atoms with Gasteiger partial charge in [-0.05, 0) is 53.4 Å². The lowest BCUT2D eigenvalue weighted by atomic mass is 9.96. The van der Waals surface area contributed by atoms with Crippen LogP contribution in [0.1, 0.15) is 37.7 Å². The fourth-order valence-corrected chi connectivity index (χ4v) is 5.18. The molecule has 0 N–H and O–H groups in total. The van der Waals surface area contributed by atoms with E-state index in [1.165, 1.54) is 6.42 Å². The van der Waals surface area contributed by atoms with Gasteiger partial charge >= 0.3 is 0 Å². The molecule has 3 nitrogen and oxygen atoms in total. The van der Waals surface area contributed by atoms with Crippen LogP contribution in [0.15, 0.2) is 27.6 Å². The predicted octanol–water partition coefficient (Wildman–Crippen LogP) is 3.71. The van der Waals surface area contributed by atoms with Gasteiger partial charge in [0.05, 0.1) is 4.90 Å². The lowest BCUT2D eigenvalue weighted by Crippen LogP contribution is -2.38. The first-order chi connectivity index (χ1) is 8.93. The highest BCUT2D eigenvalue weighted by atomic mass is 79.9. The van der Waals surface area contributed by atoms with Gasteiger partial charge in [-0.3, -0.25) is 0 Å². The third-order valence-corrected chi connectivity index (χ3v) is 6.72. The lowest BCUT2D eigenvalue weighted by Gasteiger charge is -2.30. The third-order valence-electron chi connectivity index (χ3n) is 3.83. The summed E-state index contributed by atoms with van der Waals surface area (Å²) in [6, 6.07) is 5.52. The van der Waals surface area contributed by atoms with Gasteiger partial charge in [0.25, 0.3) is 0 Å². The SMILES string of the molecule is Cc1ccc(S(=O)(=O)N(C)C2CCCCC2)c(Br)c1. The van der Waals surface area contributed by atoms with Gasteiger partial charge in [-0.25, -0.2) is 8.42 Å². The molecular formula is C14H20BrNO2S. The molecule has 19 heavy (non-hydrogen) atoms. The molecule has 0 radical (unpaired) electrons. The van der Waals surface area contributed by atoms with E-state index in [1.807, 2.05) is 19.1 Å². The number of sulfonamides is 1. The van der Waals surface area contributed by atoms with Crippen molar-refractivity contribution in [2.24, 2.45) is 0 Å². The maximum absolute atomic E-state index is 12.7. The van der Waals surface area contributed by atoms with Crippen LogP contribution in [-0.4, -0.2) is 25.8 Å². The molecule has 0 amide bonds. The van der Waals surface area contributed by atoms with Crippen molar-refractivity contribution in [3.63, 3.8) is 0 Å². The van der Waals surface area contributed by atoms with E-state index in [-0.39, 0.29) is 6.04 Å². The zero-order valence-electron chi connectivity index (χ0n) is 11.4. The highest BCUT2D eigenvalue weighted by molar-refractivity contribution is 9.10. The average Bonchev–Trinajstić information content (AvgIpc) is 2.38. The average molecular weight is 346 g/mol. The summed E-state index contributed by atoms with van der Waals surface area (Å²) in [5, 5.41) is 0. The number of nitrogens with zero attached hydrogens (tertiary/aromatic N) is 1. The summed E-state index contributed by atoms with van der Waals surface area (Å²) in [6.07, 6.45) is 5.41. The van der Waals surface area contributed by atoms with Gasteiger partial charge in [0.2, 0.25) is 10.0 Å². The Kier molecular flexibility index (Phi) is 4.69. The number of aryl methyl sites for hydroxylation is 1. The first kappa shape index (κ1) is 15.0. The minimum atomic E-state index is -3.40. The van der Waals surface area contributed by atoms with Crippen LogP contribution in [0.25, 0.3) is 0 Å². The second-order valence-electron chi connectivity index (χ2n) is 5.25. The first-order valence-corrected chi connectivity index (χ1v) is 8.90. The minimum Gasteiger partial charge on any atom is -0.207 e. The zero-order valence-corrected chi connectivity index (χ0v) is 13.8. The van der Waals surface area contributed by atoms with E-state index < -0.39 is 10.0 Å². The van der Waals surface area contributed by atoms with Gasteiger partial charge in [0.1, 0.15) is 0 Å². The molecular weight excluding hydrogens is 326 g/mol. The van der Waals surface area contributed by atoms with E-state index >= 15 is 0 Å². The molecule has 5 heteroatoms. The van der Waals surface area contributed by atoms with E-state index in [0.717, 1.165) is 31.2 Å². The van der Waals surface area contributed by atoms with Crippen molar-refractivity contribution >= 4 is 26.0 Å². The standard InChI is InChI=1S/C14H20BrNO2S/c1-11-8-9-14(13(15)10-11)19(17,18)16(2)12-6-4-3-5-7-12/h8-10,12H,3-7H2,1-2H3. The molecule has 1 aromatic carbocycles. The number of hydrogen-bond acceptors (Lipinski definition) is 2. The summed E-state index contributed by atoms with van der Waals surface area (Å²) in [7, 11) is -1.69. The minimum absolute atomic E-state index is 0.145. The Hall–Kier alpha value is -0.390. The summed E-state index contributed by atoms with van der Waals surface area (Å²) in [6.45, 7) is 1.95. The molecule has 0 aromatic heterocycles. The Balaban J connectivity index is 2.30. The molecule has 0 heterocycles. The van der Waals surface area contributed by atoms with Crippen molar-refractivity contribution in [3.05, 3.63) is 28.2 Å². The second kappa shape index (κ2) is 5.94. The molecule has 1 aliphatic rings. The monoisotopic (exact) mass is 345 g/mol. The number of rotatable bonds is 3. The van der Waals surface area contributed by atoms with Gasteiger partial charge in [0.15, 0.2) is 0 Å². The summed E-state index contributed by atoms with van der Waals surface area (Å²) in [5.74, 6) is 0. The summed E-state index contributed by atoms with van der Waals surface area (Å²) < 4.78 is 27.5. The quantitative estimate of drug-likeness (QED) is 0.837. The largest absolute Gasteiger partial charge is 0.244 e. The molecule has 0 unspecified atom stereocenters. The van der Waals surface area contributed by atoms with E-state index in [1.54, 1.807) is 17.4 Å². The Morgan fingerprint density at radius 2 is 1.84 bits per heavy atom. The van der Waals surface area contributed by atoms with Gasteiger partial charge in [0, 0.05) is 17.6 Å². The molecule has 0 saturated heterocycles. The summed E-state index contributed by atoms with van der Waals surface area (Å²) in [5.41, 5.74) is 1.05. The first-order valence-electron chi connectivity index (χ1n) is 6.67. The Bertz CT molecular complexity index is 551. The molecule has 0 spiro atoms. The van der Waals surface area contributed by atoms with E-state index in [9.17, 15) is 8.42 Å². The molecule has 1 fully saturated rings. The van der Waals surface area contributed by atoms with E-state index in [0.29, 0.717) is 9.37 Å². The van der Waals surface area contributed by atoms with Crippen molar-refractivity contribution in [3.8, 4) is 0 Å². The maximum Gasteiger partial charge on any atom is 0.244 e. The normalized spacial score (nSPS) is 17.9. The van der Waals surface area contributed by atoms with Crippen LogP contribution < -0.4 is 0 Å². The third kappa shape index (κ3) is 3.20. The van der Waals surface area contributed by atoms with Gasteiger partial charge in [-0.15, -0.1) is 0 Å². The maximum atomic E-state index is 12.7. The number of benzene rings is 1. The van der Waals surface area contributed by atoms with Gasteiger partial charge in [-0.2, -0.15) is 4.31 Å². The molecule has 1 saturated carbocycles. The smallest absolute Gasteiger partial charge is 0.207 e. The molecule has 0 atom stereocenters. The molecule has 1 aliphatic carbocycles. The van der Waals surface area contributed by atoms with Crippen molar-refractivity contribution in [2.45, 2.75) is 50.0 Å². The summed E-state index contributed by atoms with van der Waals surface area (Å²) >= 11 is 3.37. The van der Waals surface area contributed by atoms with Gasteiger partial charge < -0.3 is 0 Å². The lowest BCUT2D eigenvalue weighted by molar-refractivity contribution is 0.285. The fourth-order valence-electron chi connectivity index (χ4n) is 2.61. The van der Waals surface area contributed by atoms with Gasteiger partial charge in [-0.1, -0.05) is 25.3 Å². The van der Waals surface area contributed by atoms with Crippen LogP contribution in [0.5, 0.6) is 0 Å². The van der Waals surface area contributed by atoms with Crippen molar-refractivity contribution in [2.75, 3.05) is 7.05 Å². The van der Waals surface area contributed by atoms with Crippen molar-refractivity contribution in [1.82, 2.24) is 4.31 Å². The Labute approximate surface area is 124 Å². The molecule has 106 valence electrons. The van der Waals surface area contributed by atoms with Crippen LogP contribution >= 0.6 is 15.9 Å². The predicted molar refractivity (Wildman–Crippen MR) is 80.7 cm³/mol. The molecule has 1 aromatic rings. The number of hydrogen-bond donors (Lipinski definition) is 0. The van der Waals surface area contributed by atoms with Crippen LogP contribution in [0.3, 0.4) is 0 Å². The van der Waals surface area contributed by atoms with Crippen LogP contribution in [0, 0.1) is 6.92 Å². The van der Waals surface area contributed by atoms with Crippen molar-refractivity contribution < 1.29 is 8.42 Å². The molecule has 2 rings (SSSR count). The fraction of sp³-hybridized carbons (Fsp3) is 0.571. The topological polar surface area (TPSA) is 37.4 Å². The van der Waals surface area contributed by atoms with E-state index in [4.69, 9.17) is 0 Å². The van der Waals surface area contributed by atoms with Crippen LogP contribution in [-0.2, 0) is 10.0 Å². The number of halogens is 1. The van der Waals surface area contributed by atoms with Crippen LogP contribution in [0.4, 0.5) is 0 Å². The Morgan fingerprint density at radius 3 is 2.42 bits per heavy atom. The molecule has 0 bridgehead atoms. The highest BCUT2D eigenvalue weighted by Gasteiger charge is 2.30. The Morgan fingerprint density at radius 1 is 1.21 bits per heavy atom. The second-order valence-corrected chi connectivity index (χ2v) is 8.07. The zero-order chi connectivity index (χ0) is 14.0.